The predicted octanol–water partition coefficient (Wildman–Crippen LogP) is 4.45. The molecular weight excluding hydrogens is 406 g/mol. The first-order valence-electron chi connectivity index (χ1n) is 9.91. The van der Waals surface area contributed by atoms with Crippen LogP contribution in [0.1, 0.15) is 45.2 Å². The van der Waals surface area contributed by atoms with Gasteiger partial charge in [0.05, 0.1) is 19.1 Å². The number of carbonyl (C=O) groups excluding carboxylic acids is 2. The van der Waals surface area contributed by atoms with Crippen LogP contribution in [0, 0.1) is 5.92 Å². The standard InChI is InChI=1S/C23H32ClNO5/c1-6-29-21(27)19(15-26)14-20(25-22(28)30-23(3,4)5)13-17-7-9-18(10-8-17)16(2)11-12-24/h7-12,19-20,26H,2,6,13-15H2,1,3-5H3,(H,25,28)/b12-11+/t19-,20+/m0/s1. The summed E-state index contributed by atoms with van der Waals surface area (Å²) in [5, 5.41) is 12.5. The van der Waals surface area contributed by atoms with E-state index in [-0.39, 0.29) is 19.6 Å². The van der Waals surface area contributed by atoms with E-state index in [1.165, 1.54) is 5.54 Å². The first-order valence-corrected chi connectivity index (χ1v) is 10.3. The molecule has 0 unspecified atom stereocenters. The number of rotatable bonds is 10. The van der Waals surface area contributed by atoms with E-state index in [4.69, 9.17) is 21.1 Å². The fourth-order valence-corrected chi connectivity index (χ4v) is 2.98. The van der Waals surface area contributed by atoms with Gasteiger partial charge in [-0.15, -0.1) is 0 Å². The van der Waals surface area contributed by atoms with Crippen molar-refractivity contribution in [2.45, 2.75) is 52.2 Å². The van der Waals surface area contributed by atoms with Gasteiger partial charge in [0, 0.05) is 11.6 Å². The Morgan fingerprint density at radius 1 is 1.27 bits per heavy atom. The highest BCUT2D eigenvalue weighted by Crippen LogP contribution is 2.19. The normalized spacial score (nSPS) is 13.5. The maximum absolute atomic E-state index is 12.3. The summed E-state index contributed by atoms with van der Waals surface area (Å²) in [6, 6.07) is 7.23. The summed E-state index contributed by atoms with van der Waals surface area (Å²) >= 11 is 5.60. The van der Waals surface area contributed by atoms with Crippen LogP contribution in [-0.4, -0.2) is 42.0 Å². The molecule has 6 nitrogen and oxygen atoms in total. The van der Waals surface area contributed by atoms with E-state index in [1.54, 1.807) is 33.8 Å². The van der Waals surface area contributed by atoms with Crippen molar-refractivity contribution in [3.8, 4) is 0 Å². The number of alkyl carbamates (subject to hydrolysis) is 1. The van der Waals surface area contributed by atoms with E-state index in [1.807, 2.05) is 24.3 Å². The number of amides is 1. The molecule has 0 aliphatic heterocycles. The van der Waals surface area contributed by atoms with Crippen molar-refractivity contribution in [2.75, 3.05) is 13.2 Å². The number of halogens is 1. The lowest BCUT2D eigenvalue weighted by molar-refractivity contribution is -0.149. The molecular formula is C23H32ClNO5. The summed E-state index contributed by atoms with van der Waals surface area (Å²) in [7, 11) is 0. The van der Waals surface area contributed by atoms with Crippen molar-refractivity contribution in [1.82, 2.24) is 5.32 Å². The summed E-state index contributed by atoms with van der Waals surface area (Å²) in [6.07, 6.45) is 1.80. The minimum atomic E-state index is -0.738. The first-order chi connectivity index (χ1) is 14.1. The van der Waals surface area contributed by atoms with Gasteiger partial charge in [0.1, 0.15) is 5.60 Å². The van der Waals surface area contributed by atoms with E-state index in [0.717, 1.165) is 16.7 Å². The van der Waals surface area contributed by atoms with Gasteiger partial charge in [-0.2, -0.15) is 0 Å². The predicted molar refractivity (Wildman–Crippen MR) is 119 cm³/mol. The van der Waals surface area contributed by atoms with Crippen molar-refractivity contribution in [3.05, 3.63) is 53.6 Å². The molecule has 0 aromatic heterocycles. The van der Waals surface area contributed by atoms with Crippen LogP contribution in [-0.2, 0) is 20.7 Å². The van der Waals surface area contributed by atoms with Crippen molar-refractivity contribution in [2.24, 2.45) is 5.92 Å². The molecule has 30 heavy (non-hydrogen) atoms. The Labute approximate surface area is 183 Å². The molecule has 0 bridgehead atoms. The molecule has 0 spiro atoms. The Balaban J connectivity index is 2.97. The van der Waals surface area contributed by atoms with Crippen LogP contribution in [0.2, 0.25) is 0 Å². The van der Waals surface area contributed by atoms with E-state index < -0.39 is 29.6 Å². The largest absolute Gasteiger partial charge is 0.466 e. The van der Waals surface area contributed by atoms with Crippen LogP contribution in [0.3, 0.4) is 0 Å². The molecule has 0 heterocycles. The highest BCUT2D eigenvalue weighted by molar-refractivity contribution is 6.26. The second-order valence-corrected chi connectivity index (χ2v) is 8.18. The number of aliphatic hydroxyl groups is 1. The Morgan fingerprint density at radius 2 is 1.90 bits per heavy atom. The quantitative estimate of drug-likeness (QED) is 0.417. The van der Waals surface area contributed by atoms with Crippen molar-refractivity contribution < 1.29 is 24.2 Å². The zero-order valence-electron chi connectivity index (χ0n) is 18.1. The van der Waals surface area contributed by atoms with Gasteiger partial charge in [0.15, 0.2) is 0 Å². The topological polar surface area (TPSA) is 84.9 Å². The molecule has 1 aromatic carbocycles. The number of hydrogen-bond donors (Lipinski definition) is 2. The lowest BCUT2D eigenvalue weighted by Crippen LogP contribution is -2.42. The molecule has 0 aliphatic rings. The molecule has 1 rings (SSSR count). The number of allylic oxidation sites excluding steroid dienone is 2. The molecule has 1 amide bonds. The Morgan fingerprint density at radius 3 is 2.40 bits per heavy atom. The van der Waals surface area contributed by atoms with Crippen molar-refractivity contribution in [3.63, 3.8) is 0 Å². The summed E-state index contributed by atoms with van der Waals surface area (Å²) in [4.78, 5) is 24.4. The van der Waals surface area contributed by atoms with Gasteiger partial charge in [0.2, 0.25) is 0 Å². The smallest absolute Gasteiger partial charge is 0.407 e. The third-order valence-electron chi connectivity index (χ3n) is 4.20. The summed E-state index contributed by atoms with van der Waals surface area (Å²) in [5.41, 5.74) is 3.41. The third-order valence-corrected chi connectivity index (χ3v) is 4.33. The van der Waals surface area contributed by atoms with Gasteiger partial charge in [0.25, 0.3) is 0 Å². The second-order valence-electron chi connectivity index (χ2n) is 7.93. The van der Waals surface area contributed by atoms with E-state index in [0.29, 0.717) is 6.42 Å². The minimum Gasteiger partial charge on any atom is -0.466 e. The molecule has 1 aromatic rings. The molecule has 0 saturated carbocycles. The fourth-order valence-electron chi connectivity index (χ4n) is 2.83. The molecule has 0 aliphatic carbocycles. The van der Waals surface area contributed by atoms with E-state index in [2.05, 4.69) is 11.9 Å². The van der Waals surface area contributed by atoms with Gasteiger partial charge in [-0.1, -0.05) is 42.4 Å². The lowest BCUT2D eigenvalue weighted by Gasteiger charge is -2.25. The van der Waals surface area contributed by atoms with Gasteiger partial charge in [-0.25, -0.2) is 4.79 Å². The SMILES string of the molecule is C=C(/C=C/Cl)c1ccc(C[C@H](C[C@@H](CO)C(=O)OCC)NC(=O)OC(C)(C)C)cc1. The monoisotopic (exact) mass is 437 g/mol. The van der Waals surface area contributed by atoms with E-state index in [9.17, 15) is 14.7 Å². The van der Waals surface area contributed by atoms with Crippen LogP contribution in [0.15, 0.2) is 42.5 Å². The molecule has 0 saturated heterocycles. The Kier molecular flexibility index (Phi) is 10.6. The molecule has 2 atom stereocenters. The van der Waals surface area contributed by atoms with Crippen molar-refractivity contribution >= 4 is 29.2 Å². The number of aliphatic hydroxyl groups excluding tert-OH is 1. The van der Waals surface area contributed by atoms with E-state index >= 15 is 0 Å². The van der Waals surface area contributed by atoms with Crippen LogP contribution in [0.25, 0.3) is 5.57 Å². The number of carbonyl (C=O) groups is 2. The maximum atomic E-state index is 12.3. The lowest BCUT2D eigenvalue weighted by atomic mass is 9.94. The highest BCUT2D eigenvalue weighted by atomic mass is 35.5. The molecule has 166 valence electrons. The van der Waals surface area contributed by atoms with Gasteiger partial charge >= 0.3 is 12.1 Å². The molecule has 0 radical (unpaired) electrons. The second kappa shape index (κ2) is 12.4. The number of benzene rings is 1. The van der Waals surface area contributed by atoms with Gasteiger partial charge < -0.3 is 19.9 Å². The van der Waals surface area contributed by atoms with Gasteiger partial charge in [-0.05, 0) is 63.3 Å². The van der Waals surface area contributed by atoms with Crippen LogP contribution >= 0.6 is 11.6 Å². The van der Waals surface area contributed by atoms with Crippen LogP contribution in [0.4, 0.5) is 4.79 Å². The Hall–Kier alpha value is -2.31. The zero-order chi connectivity index (χ0) is 22.7. The zero-order valence-corrected chi connectivity index (χ0v) is 18.9. The molecule has 2 N–H and O–H groups in total. The average molecular weight is 438 g/mol. The summed E-state index contributed by atoms with van der Waals surface area (Å²) < 4.78 is 10.4. The number of esters is 1. The summed E-state index contributed by atoms with van der Waals surface area (Å²) in [6.45, 7) is 10.8. The molecule has 0 fully saturated rings. The average Bonchev–Trinajstić information content (AvgIpc) is 2.65. The Bertz CT molecular complexity index is 737. The first kappa shape index (κ1) is 25.7. The number of hydrogen-bond acceptors (Lipinski definition) is 5. The van der Waals surface area contributed by atoms with Crippen LogP contribution in [0.5, 0.6) is 0 Å². The van der Waals surface area contributed by atoms with Gasteiger partial charge in [-0.3, -0.25) is 4.79 Å². The highest BCUT2D eigenvalue weighted by Gasteiger charge is 2.26. The summed E-state index contributed by atoms with van der Waals surface area (Å²) in [5.74, 6) is -1.23. The van der Waals surface area contributed by atoms with Crippen LogP contribution < -0.4 is 5.32 Å². The number of nitrogens with one attached hydrogen (secondary N) is 1. The minimum absolute atomic E-state index is 0.220. The third kappa shape index (κ3) is 9.46. The fraction of sp³-hybridized carbons (Fsp3) is 0.478. The number of ether oxygens (including phenoxy) is 2. The molecule has 7 heteroatoms. The van der Waals surface area contributed by atoms with Crippen molar-refractivity contribution in [1.29, 1.82) is 0 Å². The maximum Gasteiger partial charge on any atom is 0.407 e.